The van der Waals surface area contributed by atoms with E-state index in [4.69, 9.17) is 0 Å². The molecule has 2 aromatic carbocycles. The summed E-state index contributed by atoms with van der Waals surface area (Å²) >= 11 is 3.07. The highest BCUT2D eigenvalue weighted by Crippen LogP contribution is 2.27. The molecule has 0 saturated carbocycles. The number of carbonyl (C=O) groups excluding carboxylic acids is 1. The van der Waals surface area contributed by atoms with E-state index in [1.165, 1.54) is 36.4 Å². The molecule has 1 N–H and O–H groups in total. The maximum absolute atomic E-state index is 13.7. The van der Waals surface area contributed by atoms with E-state index in [0.717, 1.165) is 6.07 Å². The van der Waals surface area contributed by atoms with Gasteiger partial charge in [0.25, 0.3) is 5.91 Å². The van der Waals surface area contributed by atoms with Crippen LogP contribution in [0.25, 0.3) is 0 Å². The Bertz CT molecular complexity index is 644. The molecule has 0 spiro atoms. The Kier molecular flexibility index (Phi) is 4.85. The minimum absolute atomic E-state index is 0.0259. The highest BCUT2D eigenvalue weighted by Gasteiger charge is 2.17. The van der Waals surface area contributed by atoms with Crippen LogP contribution in [-0.2, 0) is 0 Å². The van der Waals surface area contributed by atoms with Crippen molar-refractivity contribution in [1.29, 1.82) is 0 Å². The normalized spacial score (nSPS) is 10.5. The van der Waals surface area contributed by atoms with Crippen LogP contribution in [0, 0.1) is 5.82 Å². The van der Waals surface area contributed by atoms with Crippen molar-refractivity contribution in [3.63, 3.8) is 0 Å². The Hall–Kier alpha value is -2.02. The monoisotopic (exact) mass is 359 g/mol. The summed E-state index contributed by atoms with van der Waals surface area (Å²) in [4.78, 5) is 12.1. The minimum atomic E-state index is -3.02. The topological polar surface area (TPSA) is 38.3 Å². The molecule has 0 aliphatic carbocycles. The number of benzene rings is 2. The largest absolute Gasteiger partial charge is 0.433 e. The third-order valence-electron chi connectivity index (χ3n) is 2.54. The van der Waals surface area contributed by atoms with E-state index < -0.39 is 18.3 Å². The van der Waals surface area contributed by atoms with Gasteiger partial charge in [-0.05, 0) is 40.2 Å². The van der Waals surface area contributed by atoms with E-state index in [2.05, 4.69) is 26.0 Å². The second-order valence-electron chi connectivity index (χ2n) is 3.93. The highest BCUT2D eigenvalue weighted by molar-refractivity contribution is 9.10. The van der Waals surface area contributed by atoms with Gasteiger partial charge in [-0.1, -0.05) is 18.2 Å². The standard InChI is InChI=1S/C14H9BrF3NO2/c15-8-4-3-5-9(16)12(8)13(20)19-10-6-1-2-7-11(10)21-14(17)18/h1-7,14H,(H,19,20). The highest BCUT2D eigenvalue weighted by atomic mass is 79.9. The first kappa shape index (κ1) is 15.4. The molecule has 0 radical (unpaired) electrons. The van der Waals surface area contributed by atoms with Crippen molar-refractivity contribution in [3.8, 4) is 5.75 Å². The molecule has 0 heterocycles. The van der Waals surface area contributed by atoms with Crippen molar-refractivity contribution < 1.29 is 22.7 Å². The lowest BCUT2D eigenvalue weighted by atomic mass is 10.2. The van der Waals surface area contributed by atoms with Gasteiger partial charge < -0.3 is 10.1 Å². The van der Waals surface area contributed by atoms with Gasteiger partial charge in [0.1, 0.15) is 11.6 Å². The number of para-hydroxylation sites is 2. The van der Waals surface area contributed by atoms with Gasteiger partial charge in [-0.25, -0.2) is 4.39 Å². The number of ether oxygens (including phenoxy) is 1. The first-order valence-corrected chi connectivity index (χ1v) is 6.57. The van der Waals surface area contributed by atoms with Gasteiger partial charge in [0, 0.05) is 4.47 Å². The molecule has 110 valence electrons. The summed E-state index contributed by atoms with van der Waals surface area (Å²) < 4.78 is 42.8. The zero-order valence-corrected chi connectivity index (χ0v) is 12.0. The summed E-state index contributed by atoms with van der Waals surface area (Å²) in [5.74, 6) is -1.70. The van der Waals surface area contributed by atoms with Crippen LogP contribution in [0.1, 0.15) is 10.4 Å². The number of rotatable bonds is 4. The van der Waals surface area contributed by atoms with E-state index in [9.17, 15) is 18.0 Å². The molecule has 0 fully saturated rings. The zero-order valence-electron chi connectivity index (χ0n) is 10.4. The fourth-order valence-electron chi connectivity index (χ4n) is 1.67. The molecule has 0 atom stereocenters. The fraction of sp³-hybridized carbons (Fsp3) is 0.0714. The summed E-state index contributed by atoms with van der Waals surface area (Å²) in [5.41, 5.74) is -0.192. The third-order valence-corrected chi connectivity index (χ3v) is 3.20. The van der Waals surface area contributed by atoms with Crippen LogP contribution in [0.2, 0.25) is 0 Å². The summed E-state index contributed by atoms with van der Waals surface area (Å²) in [7, 11) is 0. The molecule has 2 rings (SSSR count). The molecule has 0 aliphatic heterocycles. The van der Waals surface area contributed by atoms with Gasteiger partial charge in [-0.2, -0.15) is 8.78 Å². The molecule has 3 nitrogen and oxygen atoms in total. The van der Waals surface area contributed by atoms with Crippen LogP contribution in [0.3, 0.4) is 0 Å². The maximum Gasteiger partial charge on any atom is 0.387 e. The van der Waals surface area contributed by atoms with Crippen LogP contribution in [0.5, 0.6) is 5.75 Å². The fourth-order valence-corrected chi connectivity index (χ4v) is 2.19. The molecule has 0 saturated heterocycles. The number of nitrogens with one attached hydrogen (secondary N) is 1. The summed E-state index contributed by atoms with van der Waals surface area (Å²) in [5, 5.41) is 2.35. The summed E-state index contributed by atoms with van der Waals surface area (Å²) in [6, 6.07) is 9.73. The second kappa shape index (κ2) is 6.62. The molecule has 21 heavy (non-hydrogen) atoms. The van der Waals surface area contributed by atoms with Gasteiger partial charge in [0.15, 0.2) is 0 Å². The predicted octanol–water partition coefficient (Wildman–Crippen LogP) is 4.44. The third kappa shape index (κ3) is 3.75. The Balaban J connectivity index is 2.28. The van der Waals surface area contributed by atoms with Crippen LogP contribution in [-0.4, -0.2) is 12.5 Å². The van der Waals surface area contributed by atoms with Crippen LogP contribution < -0.4 is 10.1 Å². The number of halogens is 4. The number of hydrogen-bond donors (Lipinski definition) is 1. The number of alkyl halides is 2. The molecule has 0 bridgehead atoms. The molecule has 0 unspecified atom stereocenters. The minimum Gasteiger partial charge on any atom is -0.433 e. The van der Waals surface area contributed by atoms with Crippen LogP contribution >= 0.6 is 15.9 Å². The molecular weight excluding hydrogens is 351 g/mol. The Morgan fingerprint density at radius 2 is 1.86 bits per heavy atom. The van der Waals surface area contributed by atoms with Crippen molar-refractivity contribution in [2.24, 2.45) is 0 Å². The molecular formula is C14H9BrF3NO2. The summed E-state index contributed by atoms with van der Waals surface area (Å²) in [6.07, 6.45) is 0. The Labute approximate surface area is 126 Å². The number of hydrogen-bond acceptors (Lipinski definition) is 2. The van der Waals surface area contributed by atoms with E-state index >= 15 is 0 Å². The molecule has 0 aliphatic rings. The lowest BCUT2D eigenvalue weighted by molar-refractivity contribution is -0.0493. The van der Waals surface area contributed by atoms with Crippen molar-refractivity contribution in [2.75, 3.05) is 5.32 Å². The second-order valence-corrected chi connectivity index (χ2v) is 4.78. The Morgan fingerprint density at radius 1 is 1.14 bits per heavy atom. The lowest BCUT2D eigenvalue weighted by Crippen LogP contribution is -2.16. The van der Waals surface area contributed by atoms with E-state index in [1.807, 2.05) is 0 Å². The van der Waals surface area contributed by atoms with Crippen molar-refractivity contribution in [1.82, 2.24) is 0 Å². The van der Waals surface area contributed by atoms with Crippen molar-refractivity contribution in [3.05, 3.63) is 58.3 Å². The van der Waals surface area contributed by atoms with E-state index in [-0.39, 0.29) is 21.5 Å². The SMILES string of the molecule is O=C(Nc1ccccc1OC(F)F)c1c(F)cccc1Br. The molecule has 2 aromatic rings. The quantitative estimate of drug-likeness (QED) is 0.876. The van der Waals surface area contributed by atoms with Crippen LogP contribution in [0.4, 0.5) is 18.9 Å². The first-order valence-electron chi connectivity index (χ1n) is 5.78. The van der Waals surface area contributed by atoms with Gasteiger partial charge >= 0.3 is 6.61 Å². The van der Waals surface area contributed by atoms with Gasteiger partial charge in [0.2, 0.25) is 0 Å². The van der Waals surface area contributed by atoms with Crippen molar-refractivity contribution >= 4 is 27.5 Å². The smallest absolute Gasteiger partial charge is 0.387 e. The molecule has 1 amide bonds. The number of carbonyl (C=O) groups is 1. The van der Waals surface area contributed by atoms with E-state index in [0.29, 0.717) is 0 Å². The average molecular weight is 360 g/mol. The average Bonchev–Trinajstić information content (AvgIpc) is 2.40. The zero-order chi connectivity index (χ0) is 15.4. The molecule has 7 heteroatoms. The first-order chi connectivity index (χ1) is 9.99. The summed E-state index contributed by atoms with van der Waals surface area (Å²) in [6.45, 7) is -3.02. The van der Waals surface area contributed by atoms with Gasteiger partial charge in [-0.3, -0.25) is 4.79 Å². The number of amides is 1. The van der Waals surface area contributed by atoms with Gasteiger partial charge in [0.05, 0.1) is 11.3 Å². The van der Waals surface area contributed by atoms with E-state index in [1.54, 1.807) is 0 Å². The Morgan fingerprint density at radius 3 is 2.52 bits per heavy atom. The van der Waals surface area contributed by atoms with Gasteiger partial charge in [-0.15, -0.1) is 0 Å². The predicted molar refractivity (Wildman–Crippen MR) is 75.1 cm³/mol. The van der Waals surface area contributed by atoms with Crippen LogP contribution in [0.15, 0.2) is 46.9 Å². The lowest BCUT2D eigenvalue weighted by Gasteiger charge is -2.12. The maximum atomic E-state index is 13.7. The number of anilines is 1. The molecule has 0 aromatic heterocycles. The van der Waals surface area contributed by atoms with Crippen molar-refractivity contribution in [2.45, 2.75) is 6.61 Å².